The smallest absolute Gasteiger partial charge is 0.431 e. The summed E-state index contributed by atoms with van der Waals surface area (Å²) < 4.78 is 24.1. The fourth-order valence-electron chi connectivity index (χ4n) is 13.1. The number of unbranched alkanes of at least 4 members (excludes halogenated alkanes) is 16. The van der Waals surface area contributed by atoms with Crippen LogP contribution in [0.15, 0.2) is 0 Å². The van der Waals surface area contributed by atoms with Crippen LogP contribution in [0.25, 0.3) is 0 Å². The summed E-state index contributed by atoms with van der Waals surface area (Å²) in [4.78, 5) is 39.3. The Labute approximate surface area is 412 Å². The first-order valence-corrected chi connectivity index (χ1v) is 28.3. The van der Waals surface area contributed by atoms with Crippen molar-refractivity contribution in [3.8, 4) is 0 Å². The topological polar surface area (TPSA) is 96.0 Å². The highest BCUT2D eigenvalue weighted by atomic mass is 16.7. The lowest BCUT2D eigenvalue weighted by molar-refractivity contribution is -0.293. The van der Waals surface area contributed by atoms with Gasteiger partial charge in [0.05, 0.1) is 13.2 Å². The molecule has 0 aromatic heterocycles. The van der Waals surface area contributed by atoms with Crippen LogP contribution in [0.3, 0.4) is 0 Å². The molecule has 67 heavy (non-hydrogen) atoms. The highest BCUT2D eigenvalue weighted by molar-refractivity contribution is 5.61. The molecular formula is C57H106N2O8. The standard InChI is InChI=1S/C57H106N2O8/c1-13-15-17-19-21-23-25-27-29-39-62-58-53(3,4)41-49(42-54(58,5)6)66-51(60)64-47-35-31-45(32-36-47)57(11,12)46-33-37-48(38-34-46)65-52(61)67-50-43-55(7,8)59(56(9,10)44-50)63-40-30-28-26-24-22-20-18-16-14-2/h45-50H,13-44H2,1-12H3. The minimum absolute atomic E-state index is 0.101. The van der Waals surface area contributed by atoms with E-state index in [1.54, 1.807) is 0 Å². The number of ether oxygens (including phenoxy) is 4. The Morgan fingerprint density at radius 2 is 0.657 bits per heavy atom. The molecule has 2 aliphatic carbocycles. The number of hydroxylamine groups is 4. The molecule has 4 fully saturated rings. The average Bonchev–Trinajstić information content (AvgIpc) is 3.23. The maximum atomic E-state index is 13.2. The molecule has 0 aromatic carbocycles. The lowest BCUT2D eigenvalue weighted by atomic mass is 9.60. The Morgan fingerprint density at radius 3 is 0.940 bits per heavy atom. The van der Waals surface area contributed by atoms with E-state index < -0.39 is 12.3 Å². The molecule has 2 heterocycles. The van der Waals surface area contributed by atoms with E-state index in [4.69, 9.17) is 28.6 Å². The van der Waals surface area contributed by atoms with Gasteiger partial charge in [-0.05, 0) is 137 Å². The number of carbonyl (C=O) groups is 2. The zero-order valence-corrected chi connectivity index (χ0v) is 45.8. The SMILES string of the molecule is CCCCCCCCCCCON1C(C)(C)CC(OC(=O)OC2CCC(C(C)(C)C3CCC(OC(=O)OC4CC(C)(C)N(OCCCCCCCCCCC)C(C)(C)C4)CC3)CC2)CC1(C)C. The van der Waals surface area contributed by atoms with Crippen LogP contribution in [0, 0.1) is 17.3 Å². The van der Waals surface area contributed by atoms with E-state index in [-0.39, 0.29) is 52.0 Å². The Balaban J connectivity index is 1.10. The van der Waals surface area contributed by atoms with E-state index in [9.17, 15) is 9.59 Å². The van der Waals surface area contributed by atoms with Crippen molar-refractivity contribution in [3.05, 3.63) is 0 Å². The number of hydrogen-bond donors (Lipinski definition) is 0. The van der Waals surface area contributed by atoms with Crippen LogP contribution in [0.4, 0.5) is 9.59 Å². The fraction of sp³-hybridized carbons (Fsp3) is 0.965. The average molecular weight is 947 g/mol. The van der Waals surface area contributed by atoms with Gasteiger partial charge in [0.25, 0.3) is 0 Å². The van der Waals surface area contributed by atoms with E-state index in [0.29, 0.717) is 37.5 Å². The monoisotopic (exact) mass is 947 g/mol. The van der Waals surface area contributed by atoms with Crippen LogP contribution in [0.5, 0.6) is 0 Å². The molecular weight excluding hydrogens is 841 g/mol. The van der Waals surface area contributed by atoms with Gasteiger partial charge in [-0.15, -0.1) is 0 Å². The van der Waals surface area contributed by atoms with Crippen molar-refractivity contribution < 1.29 is 38.2 Å². The maximum absolute atomic E-state index is 13.2. The largest absolute Gasteiger partial charge is 0.508 e. The molecule has 0 radical (unpaired) electrons. The zero-order chi connectivity index (χ0) is 49.1. The molecule has 0 spiro atoms. The van der Waals surface area contributed by atoms with Gasteiger partial charge in [-0.1, -0.05) is 130 Å². The molecule has 0 bridgehead atoms. The predicted molar refractivity (Wildman–Crippen MR) is 273 cm³/mol. The Hall–Kier alpha value is -1.62. The number of hydrogen-bond acceptors (Lipinski definition) is 10. The van der Waals surface area contributed by atoms with Gasteiger partial charge < -0.3 is 18.9 Å². The first-order valence-electron chi connectivity index (χ1n) is 28.3. The molecule has 10 heteroatoms. The molecule has 2 aliphatic heterocycles. The van der Waals surface area contributed by atoms with E-state index in [1.807, 2.05) is 0 Å². The van der Waals surface area contributed by atoms with Crippen molar-refractivity contribution in [3.63, 3.8) is 0 Å². The molecule has 2 saturated carbocycles. The highest BCUT2D eigenvalue weighted by Crippen LogP contribution is 2.49. The third kappa shape index (κ3) is 19.1. The molecule has 4 rings (SSSR count). The van der Waals surface area contributed by atoms with Gasteiger partial charge in [0.1, 0.15) is 24.4 Å². The molecule has 0 N–H and O–H groups in total. The van der Waals surface area contributed by atoms with Gasteiger partial charge in [-0.2, -0.15) is 10.1 Å². The number of rotatable bonds is 28. The van der Waals surface area contributed by atoms with E-state index >= 15 is 0 Å². The van der Waals surface area contributed by atoms with Crippen LogP contribution in [0.1, 0.15) is 276 Å². The van der Waals surface area contributed by atoms with Gasteiger partial charge in [0, 0.05) is 47.8 Å². The van der Waals surface area contributed by atoms with E-state index in [0.717, 1.165) is 77.4 Å². The van der Waals surface area contributed by atoms with Gasteiger partial charge in [-0.3, -0.25) is 9.68 Å². The van der Waals surface area contributed by atoms with Gasteiger partial charge in [-0.25, -0.2) is 9.59 Å². The van der Waals surface area contributed by atoms with Crippen molar-refractivity contribution in [2.75, 3.05) is 13.2 Å². The van der Waals surface area contributed by atoms with E-state index in [1.165, 1.54) is 103 Å². The van der Waals surface area contributed by atoms with Crippen molar-refractivity contribution in [1.29, 1.82) is 0 Å². The normalized spacial score (nSPS) is 26.0. The minimum Gasteiger partial charge on any atom is -0.431 e. The highest BCUT2D eigenvalue weighted by Gasteiger charge is 2.50. The first-order chi connectivity index (χ1) is 31.7. The van der Waals surface area contributed by atoms with Crippen molar-refractivity contribution in [2.45, 2.75) is 322 Å². The Kier molecular flexibility index (Phi) is 24.1. The van der Waals surface area contributed by atoms with Crippen LogP contribution in [-0.4, -0.2) is 82.2 Å². The van der Waals surface area contributed by atoms with Crippen LogP contribution in [-0.2, 0) is 28.6 Å². The molecule has 0 amide bonds. The summed E-state index contributed by atoms with van der Waals surface area (Å²) in [5.41, 5.74) is -0.908. The minimum atomic E-state index is -0.522. The molecule has 10 nitrogen and oxygen atoms in total. The quantitative estimate of drug-likeness (QED) is 0.0557. The van der Waals surface area contributed by atoms with Crippen LogP contribution in [0.2, 0.25) is 0 Å². The second-order valence-corrected chi connectivity index (χ2v) is 25.0. The number of piperidine rings is 2. The van der Waals surface area contributed by atoms with Crippen LogP contribution >= 0.6 is 0 Å². The molecule has 4 aliphatic rings. The molecule has 0 unspecified atom stereocenters. The first kappa shape index (κ1) is 58.0. The van der Waals surface area contributed by atoms with Gasteiger partial charge >= 0.3 is 12.3 Å². The molecule has 0 aromatic rings. The van der Waals surface area contributed by atoms with E-state index in [2.05, 4.69) is 93.2 Å². The third-order valence-corrected chi connectivity index (χ3v) is 16.5. The Morgan fingerprint density at radius 1 is 0.403 bits per heavy atom. The Bertz CT molecular complexity index is 1260. The third-order valence-electron chi connectivity index (χ3n) is 16.5. The number of nitrogens with zero attached hydrogens (tertiary/aromatic N) is 2. The summed E-state index contributed by atoms with van der Waals surface area (Å²) in [6.45, 7) is 28.5. The maximum Gasteiger partial charge on any atom is 0.508 e. The lowest BCUT2D eigenvalue weighted by Crippen LogP contribution is -2.62. The summed E-state index contributed by atoms with van der Waals surface area (Å²) >= 11 is 0. The number of carbonyl (C=O) groups excluding carboxylic acids is 2. The second kappa shape index (κ2) is 27.8. The van der Waals surface area contributed by atoms with Crippen LogP contribution < -0.4 is 0 Å². The summed E-state index contributed by atoms with van der Waals surface area (Å²) in [7, 11) is 0. The summed E-state index contributed by atoms with van der Waals surface area (Å²) in [6.07, 6.45) is 32.1. The van der Waals surface area contributed by atoms with Crippen molar-refractivity contribution in [2.24, 2.45) is 17.3 Å². The summed E-state index contributed by atoms with van der Waals surface area (Å²) in [5, 5.41) is 4.35. The van der Waals surface area contributed by atoms with Gasteiger partial charge in [0.2, 0.25) is 0 Å². The molecule has 392 valence electrons. The van der Waals surface area contributed by atoms with Crippen molar-refractivity contribution >= 4 is 12.3 Å². The lowest BCUT2D eigenvalue weighted by Gasteiger charge is -2.53. The van der Waals surface area contributed by atoms with Crippen molar-refractivity contribution in [1.82, 2.24) is 10.1 Å². The fourth-order valence-corrected chi connectivity index (χ4v) is 13.1. The summed E-state index contributed by atoms with van der Waals surface area (Å²) in [6, 6.07) is 0. The molecule has 2 saturated heterocycles. The molecule has 0 atom stereocenters. The second-order valence-electron chi connectivity index (χ2n) is 25.0. The van der Waals surface area contributed by atoms with Gasteiger partial charge in [0.15, 0.2) is 0 Å². The predicted octanol–water partition coefficient (Wildman–Crippen LogP) is 16.4. The zero-order valence-electron chi connectivity index (χ0n) is 45.8. The summed E-state index contributed by atoms with van der Waals surface area (Å²) in [5.74, 6) is 1.12.